The van der Waals surface area contributed by atoms with Crippen LogP contribution in [0.2, 0.25) is 0 Å². The van der Waals surface area contributed by atoms with Gasteiger partial charge in [-0.25, -0.2) is 0 Å². The molecule has 118 valence electrons. The van der Waals surface area contributed by atoms with E-state index >= 15 is 0 Å². The van der Waals surface area contributed by atoms with Crippen molar-refractivity contribution in [3.05, 3.63) is 35.4 Å². The molecule has 0 heterocycles. The SMILES string of the molecule is CC(C)(CCCBr)CNC(=O)c1ccccc1C(F)(F)F. The number of hydrogen-bond acceptors (Lipinski definition) is 1. The summed E-state index contributed by atoms with van der Waals surface area (Å²) in [7, 11) is 0. The lowest BCUT2D eigenvalue weighted by Gasteiger charge is -2.25. The van der Waals surface area contributed by atoms with Gasteiger partial charge in [-0.05, 0) is 30.4 Å². The molecule has 0 spiro atoms. The predicted molar refractivity (Wildman–Crippen MR) is 80.6 cm³/mol. The van der Waals surface area contributed by atoms with Crippen LogP contribution in [-0.4, -0.2) is 17.8 Å². The minimum absolute atomic E-state index is 0.156. The molecule has 0 aliphatic heterocycles. The molecule has 0 bridgehead atoms. The molecule has 1 N–H and O–H groups in total. The third kappa shape index (κ3) is 5.69. The fraction of sp³-hybridized carbons (Fsp3) is 0.533. The Kier molecular flexibility index (Phi) is 6.25. The van der Waals surface area contributed by atoms with E-state index in [-0.39, 0.29) is 11.0 Å². The van der Waals surface area contributed by atoms with Crippen molar-refractivity contribution < 1.29 is 18.0 Å². The molecule has 1 aromatic carbocycles. The highest BCUT2D eigenvalue weighted by molar-refractivity contribution is 9.09. The van der Waals surface area contributed by atoms with Gasteiger partial charge in [-0.1, -0.05) is 41.9 Å². The zero-order valence-electron chi connectivity index (χ0n) is 12.1. The fourth-order valence-corrected chi connectivity index (χ4v) is 2.26. The van der Waals surface area contributed by atoms with Gasteiger partial charge in [0.15, 0.2) is 0 Å². The summed E-state index contributed by atoms with van der Waals surface area (Å²) in [5.41, 5.74) is -1.39. The number of amides is 1. The molecule has 0 aliphatic rings. The lowest BCUT2D eigenvalue weighted by molar-refractivity contribution is -0.137. The van der Waals surface area contributed by atoms with Crippen LogP contribution in [0, 0.1) is 5.41 Å². The summed E-state index contributed by atoms with van der Waals surface area (Å²) in [5.74, 6) is -0.685. The number of alkyl halides is 4. The second-order valence-electron chi connectivity index (χ2n) is 5.68. The first-order chi connectivity index (χ1) is 9.67. The summed E-state index contributed by atoms with van der Waals surface area (Å²) in [4.78, 5) is 12.0. The van der Waals surface area contributed by atoms with Crippen LogP contribution in [0.4, 0.5) is 13.2 Å². The number of rotatable bonds is 6. The van der Waals surface area contributed by atoms with Crippen molar-refractivity contribution in [3.63, 3.8) is 0 Å². The van der Waals surface area contributed by atoms with Crippen LogP contribution < -0.4 is 5.32 Å². The van der Waals surface area contributed by atoms with Gasteiger partial charge < -0.3 is 5.32 Å². The molecule has 0 atom stereocenters. The second kappa shape index (κ2) is 7.29. The van der Waals surface area contributed by atoms with E-state index in [1.165, 1.54) is 18.2 Å². The Morgan fingerprint density at radius 3 is 2.43 bits per heavy atom. The minimum Gasteiger partial charge on any atom is -0.351 e. The van der Waals surface area contributed by atoms with E-state index in [4.69, 9.17) is 0 Å². The van der Waals surface area contributed by atoms with Crippen LogP contribution in [0.15, 0.2) is 24.3 Å². The lowest BCUT2D eigenvalue weighted by Crippen LogP contribution is -2.35. The number of carbonyl (C=O) groups excluding carboxylic acids is 1. The van der Waals surface area contributed by atoms with E-state index < -0.39 is 17.6 Å². The van der Waals surface area contributed by atoms with Crippen molar-refractivity contribution in [1.29, 1.82) is 0 Å². The third-order valence-electron chi connectivity index (χ3n) is 3.19. The first-order valence-corrected chi connectivity index (χ1v) is 7.80. The van der Waals surface area contributed by atoms with Crippen molar-refractivity contribution >= 4 is 21.8 Å². The maximum Gasteiger partial charge on any atom is 0.417 e. The standard InChI is InChI=1S/C15H19BrF3NO/c1-14(2,8-5-9-16)10-20-13(21)11-6-3-4-7-12(11)15(17,18)19/h3-4,6-7H,5,8-10H2,1-2H3,(H,20,21). The molecule has 1 aromatic rings. The normalized spacial score (nSPS) is 12.3. The highest BCUT2D eigenvalue weighted by Crippen LogP contribution is 2.32. The molecular formula is C15H19BrF3NO. The van der Waals surface area contributed by atoms with Crippen molar-refractivity contribution in [2.45, 2.75) is 32.9 Å². The molecule has 6 heteroatoms. The first kappa shape index (κ1) is 18.0. The average molecular weight is 366 g/mol. The number of benzene rings is 1. The highest BCUT2D eigenvalue weighted by atomic mass is 79.9. The molecule has 0 unspecified atom stereocenters. The molecule has 0 radical (unpaired) electrons. The Morgan fingerprint density at radius 1 is 1.24 bits per heavy atom. The van der Waals surface area contributed by atoms with Crippen molar-refractivity contribution in [1.82, 2.24) is 5.32 Å². The molecule has 2 nitrogen and oxygen atoms in total. The van der Waals surface area contributed by atoms with E-state index in [0.29, 0.717) is 6.54 Å². The summed E-state index contributed by atoms with van der Waals surface area (Å²) in [5, 5.41) is 3.47. The van der Waals surface area contributed by atoms with E-state index in [1.807, 2.05) is 13.8 Å². The smallest absolute Gasteiger partial charge is 0.351 e. The van der Waals surface area contributed by atoms with Gasteiger partial charge in [-0.2, -0.15) is 13.2 Å². The molecule has 0 saturated carbocycles. The van der Waals surface area contributed by atoms with Gasteiger partial charge in [0, 0.05) is 11.9 Å². The topological polar surface area (TPSA) is 29.1 Å². The van der Waals surface area contributed by atoms with Crippen molar-refractivity contribution in [2.75, 3.05) is 11.9 Å². The largest absolute Gasteiger partial charge is 0.417 e. The third-order valence-corrected chi connectivity index (χ3v) is 3.75. The van der Waals surface area contributed by atoms with Crippen LogP contribution in [0.3, 0.4) is 0 Å². The summed E-state index contributed by atoms with van der Waals surface area (Å²) in [6.45, 7) is 4.29. The van der Waals surface area contributed by atoms with Crippen molar-refractivity contribution in [3.8, 4) is 0 Å². The highest BCUT2D eigenvalue weighted by Gasteiger charge is 2.35. The fourth-order valence-electron chi connectivity index (χ4n) is 1.98. The Morgan fingerprint density at radius 2 is 1.86 bits per heavy atom. The maximum atomic E-state index is 12.9. The molecule has 0 aromatic heterocycles. The van der Waals surface area contributed by atoms with Gasteiger partial charge in [0.1, 0.15) is 0 Å². The van der Waals surface area contributed by atoms with Crippen LogP contribution in [0.25, 0.3) is 0 Å². The molecule has 0 saturated heterocycles. The Balaban J connectivity index is 2.77. The minimum atomic E-state index is -4.53. The summed E-state index contributed by atoms with van der Waals surface area (Å²) in [6.07, 6.45) is -2.71. The molecule has 21 heavy (non-hydrogen) atoms. The number of carbonyl (C=O) groups is 1. The zero-order valence-corrected chi connectivity index (χ0v) is 13.6. The van der Waals surface area contributed by atoms with Gasteiger partial charge >= 0.3 is 6.18 Å². The molecule has 1 amide bonds. The predicted octanol–water partition coefficient (Wildman–Crippen LogP) is 4.64. The van der Waals surface area contributed by atoms with Gasteiger partial charge in [-0.15, -0.1) is 0 Å². The van der Waals surface area contributed by atoms with Gasteiger partial charge in [-0.3, -0.25) is 4.79 Å². The summed E-state index contributed by atoms with van der Waals surface area (Å²) >= 11 is 3.34. The monoisotopic (exact) mass is 365 g/mol. The Hall–Kier alpha value is -1.04. The quantitative estimate of drug-likeness (QED) is 0.731. The molecule has 0 aliphatic carbocycles. The number of halogens is 4. The van der Waals surface area contributed by atoms with Crippen molar-refractivity contribution in [2.24, 2.45) is 5.41 Å². The Labute approximate surface area is 131 Å². The molecule has 1 rings (SSSR count). The van der Waals surface area contributed by atoms with Crippen LogP contribution in [0.5, 0.6) is 0 Å². The van der Waals surface area contributed by atoms with Crippen LogP contribution in [-0.2, 0) is 6.18 Å². The molecule has 0 fully saturated rings. The lowest BCUT2D eigenvalue weighted by atomic mass is 9.88. The van der Waals surface area contributed by atoms with Gasteiger partial charge in [0.2, 0.25) is 0 Å². The van der Waals surface area contributed by atoms with Gasteiger partial charge in [0.05, 0.1) is 11.1 Å². The van der Waals surface area contributed by atoms with E-state index in [9.17, 15) is 18.0 Å². The van der Waals surface area contributed by atoms with E-state index in [1.54, 1.807) is 0 Å². The second-order valence-corrected chi connectivity index (χ2v) is 6.48. The van der Waals surface area contributed by atoms with Crippen LogP contribution in [0.1, 0.15) is 42.6 Å². The summed E-state index contributed by atoms with van der Waals surface area (Å²) in [6, 6.07) is 4.83. The zero-order chi connectivity index (χ0) is 16.1. The number of nitrogens with one attached hydrogen (secondary N) is 1. The van der Waals surface area contributed by atoms with E-state index in [0.717, 1.165) is 24.2 Å². The molecular weight excluding hydrogens is 347 g/mol. The Bertz CT molecular complexity index is 486. The summed E-state index contributed by atoms with van der Waals surface area (Å²) < 4.78 is 38.6. The number of hydrogen-bond donors (Lipinski definition) is 1. The van der Waals surface area contributed by atoms with E-state index in [2.05, 4.69) is 21.2 Å². The average Bonchev–Trinajstić information content (AvgIpc) is 2.42. The maximum absolute atomic E-state index is 12.9. The van der Waals surface area contributed by atoms with Crippen LogP contribution >= 0.6 is 15.9 Å². The first-order valence-electron chi connectivity index (χ1n) is 6.68. The van der Waals surface area contributed by atoms with Gasteiger partial charge in [0.25, 0.3) is 5.91 Å².